The van der Waals surface area contributed by atoms with Crippen LogP contribution in [0.15, 0.2) is 61.2 Å². The van der Waals surface area contributed by atoms with Crippen molar-refractivity contribution in [3.63, 3.8) is 0 Å². The van der Waals surface area contributed by atoms with Crippen LogP contribution >= 0.6 is 0 Å². The lowest BCUT2D eigenvalue weighted by molar-refractivity contribution is 0.0405. The van der Waals surface area contributed by atoms with E-state index in [1.165, 1.54) is 5.57 Å². The van der Waals surface area contributed by atoms with Gasteiger partial charge in [-0.05, 0) is 49.8 Å². The third kappa shape index (κ3) is 13.0. The standard InChI is InChI=1S/C21H30O2.C2H6.CH4O/c1-6-9-18(7-2)15-19(8-3)14-17(4)23-16-20-10-12-21(22-5)13-11-20;2*1-2/h6,8-13,17,19H,1,3,7,14-16H2,2,4-5H3;1-2H3;2H,1H3/b18-9+;;. The molecule has 3 heteroatoms. The van der Waals surface area contributed by atoms with Crippen molar-refractivity contribution in [3.8, 4) is 5.75 Å². The van der Waals surface area contributed by atoms with Crippen molar-refractivity contribution in [2.75, 3.05) is 14.2 Å². The van der Waals surface area contributed by atoms with Crippen LogP contribution in [0, 0.1) is 5.92 Å². The Kier molecular flexibility index (Phi) is 19.2. The zero-order valence-electron chi connectivity index (χ0n) is 18.2. The van der Waals surface area contributed by atoms with Crippen LogP contribution in [-0.2, 0) is 11.3 Å². The average Bonchev–Trinajstić information content (AvgIpc) is 2.74. The minimum atomic E-state index is 0.196. The molecule has 2 unspecified atom stereocenters. The van der Waals surface area contributed by atoms with Crippen LogP contribution in [0.3, 0.4) is 0 Å². The first kappa shape index (κ1) is 27.4. The maximum absolute atomic E-state index is 7.00. The van der Waals surface area contributed by atoms with Gasteiger partial charge in [0.05, 0.1) is 19.8 Å². The van der Waals surface area contributed by atoms with Crippen LogP contribution in [0.2, 0.25) is 0 Å². The van der Waals surface area contributed by atoms with Crippen molar-refractivity contribution in [1.29, 1.82) is 0 Å². The van der Waals surface area contributed by atoms with E-state index in [-0.39, 0.29) is 6.10 Å². The summed E-state index contributed by atoms with van der Waals surface area (Å²) in [5.41, 5.74) is 2.57. The lowest BCUT2D eigenvalue weighted by Gasteiger charge is -2.20. The van der Waals surface area contributed by atoms with Gasteiger partial charge < -0.3 is 14.6 Å². The van der Waals surface area contributed by atoms with E-state index >= 15 is 0 Å². The van der Waals surface area contributed by atoms with Gasteiger partial charge in [0.2, 0.25) is 0 Å². The number of aliphatic hydroxyl groups is 1. The van der Waals surface area contributed by atoms with E-state index in [4.69, 9.17) is 14.6 Å². The second-order valence-corrected chi connectivity index (χ2v) is 5.82. The first-order valence-corrected chi connectivity index (χ1v) is 9.75. The molecule has 3 nitrogen and oxygen atoms in total. The van der Waals surface area contributed by atoms with Gasteiger partial charge in [-0.2, -0.15) is 0 Å². The summed E-state index contributed by atoms with van der Waals surface area (Å²) in [6.07, 6.45) is 9.28. The van der Waals surface area contributed by atoms with E-state index in [2.05, 4.69) is 33.1 Å². The molecule has 154 valence electrons. The van der Waals surface area contributed by atoms with Crippen molar-refractivity contribution in [3.05, 3.63) is 66.8 Å². The molecule has 0 aliphatic rings. The van der Waals surface area contributed by atoms with Gasteiger partial charge in [-0.3, -0.25) is 0 Å². The summed E-state index contributed by atoms with van der Waals surface area (Å²) in [6, 6.07) is 8.00. The highest BCUT2D eigenvalue weighted by molar-refractivity contribution is 5.26. The molecule has 0 radical (unpaired) electrons. The SMILES string of the molecule is C=C/C=C(\CC)CC(C=C)CC(C)OCc1ccc(OC)cc1.CC.CO. The Hall–Kier alpha value is -1.84. The molecule has 0 spiro atoms. The van der Waals surface area contributed by atoms with Crippen LogP contribution in [0.5, 0.6) is 5.75 Å². The Morgan fingerprint density at radius 3 is 2.19 bits per heavy atom. The van der Waals surface area contributed by atoms with Crippen LogP contribution in [-0.4, -0.2) is 25.4 Å². The quantitative estimate of drug-likeness (QED) is 0.362. The molecule has 27 heavy (non-hydrogen) atoms. The highest BCUT2D eigenvalue weighted by atomic mass is 16.5. The van der Waals surface area contributed by atoms with Gasteiger partial charge in [-0.25, -0.2) is 0 Å². The van der Waals surface area contributed by atoms with Gasteiger partial charge in [0, 0.05) is 7.11 Å². The molecular formula is C24H40O3. The molecule has 0 bridgehead atoms. The summed E-state index contributed by atoms with van der Waals surface area (Å²) in [6.45, 7) is 16.7. The topological polar surface area (TPSA) is 38.7 Å². The fourth-order valence-electron chi connectivity index (χ4n) is 2.55. The van der Waals surface area contributed by atoms with E-state index in [0.29, 0.717) is 12.5 Å². The molecule has 0 saturated carbocycles. The molecule has 1 N–H and O–H groups in total. The second kappa shape index (κ2) is 18.9. The molecule has 0 aliphatic carbocycles. The highest BCUT2D eigenvalue weighted by Crippen LogP contribution is 2.22. The third-order valence-corrected chi connectivity index (χ3v) is 3.99. The van der Waals surface area contributed by atoms with Gasteiger partial charge in [-0.1, -0.05) is 63.3 Å². The fraction of sp³-hybridized carbons (Fsp3) is 0.500. The first-order chi connectivity index (χ1) is 13.1. The molecule has 0 amide bonds. The van der Waals surface area contributed by atoms with Crippen LogP contribution < -0.4 is 4.74 Å². The number of benzene rings is 1. The first-order valence-electron chi connectivity index (χ1n) is 9.75. The van der Waals surface area contributed by atoms with Gasteiger partial charge in [0.15, 0.2) is 0 Å². The average molecular weight is 377 g/mol. The maximum Gasteiger partial charge on any atom is 0.118 e. The lowest BCUT2D eigenvalue weighted by Crippen LogP contribution is -2.13. The zero-order chi connectivity index (χ0) is 21.1. The number of allylic oxidation sites excluding steroid dienone is 4. The van der Waals surface area contributed by atoms with Crippen molar-refractivity contribution >= 4 is 0 Å². The molecule has 1 aromatic carbocycles. The van der Waals surface area contributed by atoms with Gasteiger partial charge >= 0.3 is 0 Å². The Morgan fingerprint density at radius 1 is 1.15 bits per heavy atom. The molecule has 0 aliphatic heterocycles. The predicted octanol–water partition coefficient (Wildman–Crippen LogP) is 6.34. The summed E-state index contributed by atoms with van der Waals surface area (Å²) >= 11 is 0. The number of hydrogen-bond donors (Lipinski definition) is 1. The van der Waals surface area contributed by atoms with Crippen molar-refractivity contribution < 1.29 is 14.6 Å². The Labute approximate surface area is 167 Å². The summed E-state index contributed by atoms with van der Waals surface area (Å²) in [5, 5.41) is 7.00. The molecule has 0 saturated heterocycles. The third-order valence-electron chi connectivity index (χ3n) is 3.99. The summed E-state index contributed by atoms with van der Waals surface area (Å²) in [5.74, 6) is 1.31. The highest BCUT2D eigenvalue weighted by Gasteiger charge is 2.12. The van der Waals surface area contributed by atoms with E-state index in [0.717, 1.165) is 37.7 Å². The Bertz CT molecular complexity index is 503. The van der Waals surface area contributed by atoms with Gasteiger partial charge in [-0.15, -0.1) is 6.58 Å². The van der Waals surface area contributed by atoms with Crippen LogP contribution in [0.4, 0.5) is 0 Å². The normalized spacial score (nSPS) is 12.5. The second-order valence-electron chi connectivity index (χ2n) is 5.82. The van der Waals surface area contributed by atoms with Gasteiger partial charge in [0.25, 0.3) is 0 Å². The lowest BCUT2D eigenvalue weighted by atomic mass is 9.92. The van der Waals surface area contributed by atoms with Crippen molar-refractivity contribution in [2.24, 2.45) is 5.92 Å². The van der Waals surface area contributed by atoms with Crippen LogP contribution in [0.25, 0.3) is 0 Å². The number of hydrogen-bond acceptors (Lipinski definition) is 3. The molecule has 1 aromatic rings. The molecule has 0 heterocycles. The van der Waals surface area contributed by atoms with Crippen molar-refractivity contribution in [1.82, 2.24) is 0 Å². The van der Waals surface area contributed by atoms with Crippen LogP contribution in [0.1, 0.15) is 52.5 Å². The van der Waals surface area contributed by atoms with E-state index < -0.39 is 0 Å². The zero-order valence-corrected chi connectivity index (χ0v) is 18.2. The van der Waals surface area contributed by atoms with E-state index in [1.54, 1.807) is 7.11 Å². The largest absolute Gasteiger partial charge is 0.497 e. The summed E-state index contributed by atoms with van der Waals surface area (Å²) in [4.78, 5) is 0. The van der Waals surface area contributed by atoms with Gasteiger partial charge in [0.1, 0.15) is 5.75 Å². The minimum Gasteiger partial charge on any atom is -0.497 e. The van der Waals surface area contributed by atoms with E-state index in [1.807, 2.05) is 50.3 Å². The van der Waals surface area contributed by atoms with Crippen molar-refractivity contribution in [2.45, 2.75) is 59.7 Å². The Morgan fingerprint density at radius 2 is 1.74 bits per heavy atom. The summed E-state index contributed by atoms with van der Waals surface area (Å²) < 4.78 is 11.1. The molecule has 0 fully saturated rings. The Balaban J connectivity index is 0. The minimum absolute atomic E-state index is 0.196. The molecule has 0 aromatic heterocycles. The number of methoxy groups -OCH3 is 1. The summed E-state index contributed by atoms with van der Waals surface area (Å²) in [7, 11) is 2.67. The monoisotopic (exact) mass is 376 g/mol. The fourth-order valence-corrected chi connectivity index (χ4v) is 2.55. The smallest absolute Gasteiger partial charge is 0.118 e. The van der Waals surface area contributed by atoms with E-state index in [9.17, 15) is 0 Å². The maximum atomic E-state index is 7.00. The number of rotatable bonds is 11. The molecular weight excluding hydrogens is 336 g/mol. The number of ether oxygens (including phenoxy) is 2. The molecule has 1 rings (SSSR count). The number of aliphatic hydroxyl groups excluding tert-OH is 1. The predicted molar refractivity (Wildman–Crippen MR) is 118 cm³/mol. The molecule has 2 atom stereocenters.